The van der Waals surface area contributed by atoms with E-state index in [0.717, 1.165) is 12.5 Å². The lowest BCUT2D eigenvalue weighted by molar-refractivity contribution is 0.262. The van der Waals surface area contributed by atoms with E-state index in [2.05, 4.69) is 43.6 Å². The highest BCUT2D eigenvalue weighted by Gasteiger charge is 2.28. The number of rotatable bonds is 9. The molecule has 1 nitrogen and oxygen atoms in total. The Morgan fingerprint density at radius 1 is 1.29 bits per heavy atom. The second-order valence-corrected chi connectivity index (χ2v) is 8.52. The zero-order valence-electron chi connectivity index (χ0n) is 14.2. The van der Waals surface area contributed by atoms with Crippen LogP contribution in [-0.2, 0) is 0 Å². The van der Waals surface area contributed by atoms with E-state index in [1.165, 1.54) is 51.4 Å². The number of nitrogens with one attached hydrogen (secondary N) is 1. The van der Waals surface area contributed by atoms with Gasteiger partial charge in [-0.2, -0.15) is 0 Å². The quantitative estimate of drug-likeness (QED) is 0.537. The van der Waals surface area contributed by atoms with Gasteiger partial charge in [0, 0.05) is 17.5 Å². The molecule has 21 heavy (non-hydrogen) atoms. The van der Waals surface area contributed by atoms with E-state index in [4.69, 9.17) is 0 Å². The molecule has 1 N–H and O–H groups in total. The van der Waals surface area contributed by atoms with Crippen LogP contribution in [0.4, 0.5) is 0 Å². The molecule has 120 valence electrons. The molecule has 0 spiro atoms. The maximum Gasteiger partial charge on any atom is 0.0443 e. The van der Waals surface area contributed by atoms with Gasteiger partial charge in [-0.1, -0.05) is 58.9 Å². The highest BCUT2D eigenvalue weighted by molar-refractivity contribution is 7.10. The normalized spacial score (nSPS) is 18.2. The van der Waals surface area contributed by atoms with E-state index < -0.39 is 0 Å². The van der Waals surface area contributed by atoms with E-state index in [1.54, 1.807) is 4.88 Å². The van der Waals surface area contributed by atoms with Gasteiger partial charge < -0.3 is 5.32 Å². The first-order valence-corrected chi connectivity index (χ1v) is 9.77. The van der Waals surface area contributed by atoms with Gasteiger partial charge >= 0.3 is 0 Å². The van der Waals surface area contributed by atoms with Gasteiger partial charge in [0.15, 0.2) is 0 Å². The van der Waals surface area contributed by atoms with Crippen molar-refractivity contribution < 1.29 is 0 Å². The summed E-state index contributed by atoms with van der Waals surface area (Å²) in [6.45, 7) is 8.29. The molecular weight excluding hydrogens is 274 g/mol. The summed E-state index contributed by atoms with van der Waals surface area (Å²) < 4.78 is 0. The summed E-state index contributed by atoms with van der Waals surface area (Å²) in [4.78, 5) is 1.55. The fraction of sp³-hybridized carbons (Fsp3) is 0.789. The van der Waals surface area contributed by atoms with Crippen molar-refractivity contribution in [2.24, 2.45) is 11.3 Å². The third-order valence-corrected chi connectivity index (χ3v) is 5.93. The second-order valence-electron chi connectivity index (χ2n) is 7.54. The van der Waals surface area contributed by atoms with E-state index in [1.807, 2.05) is 11.3 Å². The minimum Gasteiger partial charge on any atom is -0.308 e. The lowest BCUT2D eigenvalue weighted by atomic mass is 9.86. The standard InChI is InChI=1S/C19H33NS/c1-4-5-8-13-19(2,3)15-20-18(16-10-6-7-11-16)17-12-9-14-21-17/h9,12,14,16,18,20H,4-8,10-11,13,15H2,1-3H3. The smallest absolute Gasteiger partial charge is 0.0443 e. The molecule has 1 heterocycles. The Balaban J connectivity index is 1.89. The molecule has 0 amide bonds. The molecule has 1 aromatic rings. The van der Waals surface area contributed by atoms with Crippen LogP contribution in [0.25, 0.3) is 0 Å². The predicted molar refractivity (Wildman–Crippen MR) is 94.9 cm³/mol. The predicted octanol–water partition coefficient (Wildman–Crippen LogP) is 6.18. The Kier molecular flexibility index (Phi) is 6.75. The molecule has 1 saturated carbocycles. The van der Waals surface area contributed by atoms with Crippen LogP contribution in [0.1, 0.15) is 83.1 Å². The third kappa shape index (κ3) is 5.41. The summed E-state index contributed by atoms with van der Waals surface area (Å²) in [5.74, 6) is 0.857. The lowest BCUT2D eigenvalue weighted by Gasteiger charge is -2.31. The fourth-order valence-corrected chi connectivity index (χ4v) is 4.48. The van der Waals surface area contributed by atoms with Crippen LogP contribution in [0.5, 0.6) is 0 Å². The molecule has 1 fully saturated rings. The van der Waals surface area contributed by atoms with Crippen molar-refractivity contribution in [2.45, 2.75) is 78.2 Å². The van der Waals surface area contributed by atoms with Crippen molar-refractivity contribution >= 4 is 11.3 Å². The lowest BCUT2D eigenvalue weighted by Crippen LogP contribution is -2.35. The second kappa shape index (κ2) is 8.33. The first-order chi connectivity index (χ1) is 10.1. The molecule has 1 unspecified atom stereocenters. The van der Waals surface area contributed by atoms with Crippen LogP contribution in [0, 0.1) is 11.3 Å². The van der Waals surface area contributed by atoms with Gasteiger partial charge in [0.1, 0.15) is 0 Å². The molecule has 1 aliphatic carbocycles. The van der Waals surface area contributed by atoms with Crippen LogP contribution in [0.15, 0.2) is 17.5 Å². The topological polar surface area (TPSA) is 12.0 Å². The summed E-state index contributed by atoms with van der Waals surface area (Å²) in [5, 5.41) is 6.17. The van der Waals surface area contributed by atoms with E-state index in [0.29, 0.717) is 11.5 Å². The van der Waals surface area contributed by atoms with Crippen molar-refractivity contribution in [3.63, 3.8) is 0 Å². The average Bonchev–Trinajstić information content (AvgIpc) is 3.12. The summed E-state index contributed by atoms with van der Waals surface area (Å²) in [6, 6.07) is 5.12. The Hall–Kier alpha value is -0.340. The molecule has 1 aromatic heterocycles. The minimum atomic E-state index is 0.420. The average molecular weight is 308 g/mol. The highest BCUT2D eigenvalue weighted by Crippen LogP contribution is 2.38. The number of thiophene rings is 1. The minimum absolute atomic E-state index is 0.420. The van der Waals surface area contributed by atoms with Gasteiger partial charge in [-0.3, -0.25) is 0 Å². The van der Waals surface area contributed by atoms with Gasteiger partial charge in [0.2, 0.25) is 0 Å². The fourth-order valence-electron chi connectivity index (χ4n) is 3.59. The van der Waals surface area contributed by atoms with Crippen molar-refractivity contribution in [3.05, 3.63) is 22.4 Å². The molecule has 0 radical (unpaired) electrons. The molecule has 1 aliphatic rings. The Labute approximate surface area is 135 Å². The maximum absolute atomic E-state index is 3.94. The molecule has 0 bridgehead atoms. The maximum atomic E-state index is 3.94. The van der Waals surface area contributed by atoms with Gasteiger partial charge in [-0.05, 0) is 42.0 Å². The van der Waals surface area contributed by atoms with Gasteiger partial charge in [-0.15, -0.1) is 11.3 Å². The molecule has 1 atom stereocenters. The van der Waals surface area contributed by atoms with Crippen LogP contribution >= 0.6 is 11.3 Å². The zero-order valence-corrected chi connectivity index (χ0v) is 15.0. The third-order valence-electron chi connectivity index (χ3n) is 4.98. The van der Waals surface area contributed by atoms with E-state index in [9.17, 15) is 0 Å². The van der Waals surface area contributed by atoms with E-state index in [-0.39, 0.29) is 0 Å². The van der Waals surface area contributed by atoms with Crippen LogP contribution in [0.2, 0.25) is 0 Å². The Bertz CT molecular complexity index is 376. The number of hydrogen-bond acceptors (Lipinski definition) is 2. The summed E-state index contributed by atoms with van der Waals surface area (Å²) >= 11 is 1.93. The van der Waals surface area contributed by atoms with Crippen molar-refractivity contribution in [3.8, 4) is 0 Å². The summed E-state index contributed by atoms with van der Waals surface area (Å²) in [5.41, 5.74) is 0.420. The Morgan fingerprint density at radius 3 is 2.67 bits per heavy atom. The first-order valence-electron chi connectivity index (χ1n) is 8.89. The zero-order chi connectivity index (χ0) is 15.1. The van der Waals surface area contributed by atoms with Gasteiger partial charge in [0.05, 0.1) is 0 Å². The van der Waals surface area contributed by atoms with Crippen LogP contribution in [0.3, 0.4) is 0 Å². The molecule has 2 heteroatoms. The molecule has 0 aromatic carbocycles. The van der Waals surface area contributed by atoms with E-state index >= 15 is 0 Å². The molecule has 0 saturated heterocycles. The molecule has 2 rings (SSSR count). The van der Waals surface area contributed by atoms with Gasteiger partial charge in [0.25, 0.3) is 0 Å². The van der Waals surface area contributed by atoms with Crippen molar-refractivity contribution in [2.75, 3.05) is 6.54 Å². The highest BCUT2D eigenvalue weighted by atomic mass is 32.1. The van der Waals surface area contributed by atoms with Gasteiger partial charge in [-0.25, -0.2) is 0 Å². The van der Waals surface area contributed by atoms with Crippen LogP contribution < -0.4 is 5.32 Å². The first kappa shape index (κ1) is 17.0. The number of hydrogen-bond donors (Lipinski definition) is 1. The molecule has 0 aliphatic heterocycles. The summed E-state index contributed by atoms with van der Waals surface area (Å²) in [6.07, 6.45) is 11.1. The molecular formula is C19H33NS. The van der Waals surface area contributed by atoms with Crippen molar-refractivity contribution in [1.29, 1.82) is 0 Å². The summed E-state index contributed by atoms with van der Waals surface area (Å²) in [7, 11) is 0. The van der Waals surface area contributed by atoms with Crippen molar-refractivity contribution in [1.82, 2.24) is 5.32 Å². The van der Waals surface area contributed by atoms with Crippen LogP contribution in [-0.4, -0.2) is 6.54 Å². The number of unbranched alkanes of at least 4 members (excludes halogenated alkanes) is 2. The SMILES string of the molecule is CCCCCC(C)(C)CNC(c1cccs1)C1CCCC1. The monoisotopic (exact) mass is 307 g/mol. The largest absolute Gasteiger partial charge is 0.308 e. The Morgan fingerprint density at radius 2 is 2.05 bits per heavy atom.